The molecular weight excluding hydrogens is 271 g/mol. The summed E-state index contributed by atoms with van der Waals surface area (Å²) in [4.78, 5) is 17.9. The number of pyridine rings is 1. The van der Waals surface area contributed by atoms with Gasteiger partial charge in [0.2, 0.25) is 0 Å². The Balaban J connectivity index is 2.09. The Morgan fingerprint density at radius 1 is 1.43 bits per heavy atom. The summed E-state index contributed by atoms with van der Waals surface area (Å²) in [6, 6.07) is 3.29. The van der Waals surface area contributed by atoms with E-state index < -0.39 is 11.4 Å². The monoisotopic (exact) mass is 294 g/mol. The summed E-state index contributed by atoms with van der Waals surface area (Å²) in [6.07, 6.45) is 4.12. The first-order chi connectivity index (χ1) is 10.0. The summed E-state index contributed by atoms with van der Waals surface area (Å²) in [5, 5.41) is 9.45. The number of halogens is 1. The number of nitrogens with zero attached hydrogens (tertiary/aromatic N) is 2. The van der Waals surface area contributed by atoms with Gasteiger partial charge in [-0.15, -0.1) is 0 Å². The molecule has 0 saturated carbocycles. The van der Waals surface area contributed by atoms with Crippen LogP contribution >= 0.6 is 0 Å². The number of carboxylic acids is 1. The molecule has 2 heterocycles. The Labute approximate surface area is 125 Å². The summed E-state index contributed by atoms with van der Waals surface area (Å²) in [6.45, 7) is 5.52. The maximum absolute atomic E-state index is 13.0. The minimum Gasteiger partial charge on any atom is -0.481 e. The van der Waals surface area contributed by atoms with Crippen LogP contribution in [0.25, 0.3) is 0 Å². The molecule has 1 atom stereocenters. The van der Waals surface area contributed by atoms with E-state index >= 15 is 0 Å². The number of carbonyl (C=O) groups is 1. The van der Waals surface area contributed by atoms with Crippen LogP contribution < -0.4 is 0 Å². The molecule has 0 bridgehead atoms. The van der Waals surface area contributed by atoms with Crippen LogP contribution in [0.5, 0.6) is 0 Å². The predicted octanol–water partition coefficient (Wildman–Crippen LogP) is 3.25. The van der Waals surface area contributed by atoms with Crippen molar-refractivity contribution in [1.82, 2.24) is 9.88 Å². The molecule has 116 valence electrons. The van der Waals surface area contributed by atoms with Gasteiger partial charge in [-0.1, -0.05) is 13.8 Å². The Morgan fingerprint density at radius 3 is 2.52 bits per heavy atom. The molecule has 0 aromatic carbocycles. The molecule has 1 aromatic rings. The van der Waals surface area contributed by atoms with E-state index in [9.17, 15) is 14.3 Å². The highest BCUT2D eigenvalue weighted by Crippen LogP contribution is 2.38. The van der Waals surface area contributed by atoms with Crippen LogP contribution in [-0.2, 0) is 4.79 Å². The quantitative estimate of drug-likeness (QED) is 0.905. The van der Waals surface area contributed by atoms with E-state index in [-0.39, 0.29) is 11.9 Å². The third kappa shape index (κ3) is 3.23. The van der Waals surface area contributed by atoms with Crippen LogP contribution in [0.1, 0.15) is 51.3 Å². The van der Waals surface area contributed by atoms with Crippen molar-refractivity contribution in [1.29, 1.82) is 0 Å². The zero-order chi connectivity index (χ0) is 15.5. The summed E-state index contributed by atoms with van der Waals surface area (Å²) in [5.74, 6) is -1.01. The van der Waals surface area contributed by atoms with Crippen molar-refractivity contribution in [2.75, 3.05) is 13.1 Å². The highest BCUT2D eigenvalue weighted by Gasteiger charge is 2.41. The van der Waals surface area contributed by atoms with E-state index in [1.54, 1.807) is 6.07 Å². The van der Waals surface area contributed by atoms with Crippen molar-refractivity contribution in [3.05, 3.63) is 29.8 Å². The van der Waals surface area contributed by atoms with Crippen molar-refractivity contribution in [2.24, 2.45) is 5.41 Å². The molecule has 5 heteroatoms. The molecular formula is C16H23FN2O2. The standard InChI is InChI=1S/C16H23FN2O2/c1-3-14(13-6-5-12(17)11-18-13)19-9-7-16(4-2,8-10-19)15(20)21/h5-6,11,14H,3-4,7-10H2,1-2H3,(H,20,21). The van der Waals surface area contributed by atoms with Crippen LogP contribution in [-0.4, -0.2) is 34.0 Å². The van der Waals surface area contributed by atoms with Gasteiger partial charge in [0.05, 0.1) is 23.3 Å². The second-order valence-electron chi connectivity index (χ2n) is 5.80. The molecule has 1 unspecified atom stereocenters. The number of hydrogen-bond donors (Lipinski definition) is 1. The second-order valence-corrected chi connectivity index (χ2v) is 5.80. The Kier molecular flexibility index (Phi) is 4.93. The topological polar surface area (TPSA) is 53.4 Å². The molecule has 0 spiro atoms. The second kappa shape index (κ2) is 6.52. The Hall–Kier alpha value is -1.49. The zero-order valence-electron chi connectivity index (χ0n) is 12.7. The minimum atomic E-state index is -0.683. The fraction of sp³-hybridized carbons (Fsp3) is 0.625. The number of aromatic nitrogens is 1. The molecule has 4 nitrogen and oxygen atoms in total. The number of likely N-dealkylation sites (tertiary alicyclic amines) is 1. The SMILES string of the molecule is CCC(c1ccc(F)cn1)N1CCC(CC)(C(=O)O)CC1. The first-order valence-corrected chi connectivity index (χ1v) is 7.61. The fourth-order valence-electron chi connectivity index (χ4n) is 3.22. The number of carboxylic acid groups (broad SMARTS) is 1. The smallest absolute Gasteiger partial charge is 0.309 e. The molecule has 1 aromatic heterocycles. The maximum atomic E-state index is 13.0. The fourth-order valence-corrected chi connectivity index (χ4v) is 3.22. The van der Waals surface area contributed by atoms with Gasteiger partial charge in [0.15, 0.2) is 0 Å². The normalized spacial score (nSPS) is 20.1. The predicted molar refractivity (Wildman–Crippen MR) is 78.4 cm³/mol. The maximum Gasteiger partial charge on any atom is 0.309 e. The van der Waals surface area contributed by atoms with Gasteiger partial charge in [-0.2, -0.15) is 0 Å². The van der Waals surface area contributed by atoms with Gasteiger partial charge < -0.3 is 5.11 Å². The molecule has 1 saturated heterocycles. The summed E-state index contributed by atoms with van der Waals surface area (Å²) in [5.41, 5.74) is 0.281. The van der Waals surface area contributed by atoms with Crippen molar-refractivity contribution >= 4 is 5.97 Å². The van der Waals surface area contributed by atoms with Crippen LogP contribution in [0.3, 0.4) is 0 Å². The highest BCUT2D eigenvalue weighted by atomic mass is 19.1. The van der Waals surface area contributed by atoms with Crippen LogP contribution in [0.4, 0.5) is 4.39 Å². The highest BCUT2D eigenvalue weighted by molar-refractivity contribution is 5.74. The molecule has 0 aliphatic carbocycles. The van der Waals surface area contributed by atoms with Crippen molar-refractivity contribution in [2.45, 2.75) is 45.6 Å². The molecule has 1 aliphatic heterocycles. The van der Waals surface area contributed by atoms with E-state index in [0.29, 0.717) is 19.3 Å². The van der Waals surface area contributed by atoms with Crippen molar-refractivity contribution in [3.63, 3.8) is 0 Å². The Bertz CT molecular complexity index is 482. The minimum absolute atomic E-state index is 0.134. The number of aliphatic carboxylic acids is 1. The first-order valence-electron chi connectivity index (χ1n) is 7.61. The largest absolute Gasteiger partial charge is 0.481 e. The molecule has 0 radical (unpaired) electrons. The lowest BCUT2D eigenvalue weighted by molar-refractivity contribution is -0.152. The number of hydrogen-bond acceptors (Lipinski definition) is 3. The molecule has 2 rings (SSSR count). The van der Waals surface area contributed by atoms with Gasteiger partial charge in [0.25, 0.3) is 0 Å². The van der Waals surface area contributed by atoms with Crippen molar-refractivity contribution in [3.8, 4) is 0 Å². The van der Waals surface area contributed by atoms with E-state index in [2.05, 4.69) is 16.8 Å². The van der Waals surface area contributed by atoms with Crippen molar-refractivity contribution < 1.29 is 14.3 Å². The van der Waals surface area contributed by atoms with E-state index in [1.807, 2.05) is 6.92 Å². The lowest BCUT2D eigenvalue weighted by Crippen LogP contribution is -2.45. The van der Waals surface area contributed by atoms with E-state index in [1.165, 1.54) is 12.3 Å². The van der Waals surface area contributed by atoms with Crippen LogP contribution in [0.2, 0.25) is 0 Å². The average Bonchev–Trinajstić information content (AvgIpc) is 2.50. The lowest BCUT2D eigenvalue weighted by Gasteiger charge is -2.41. The lowest BCUT2D eigenvalue weighted by atomic mass is 9.76. The molecule has 21 heavy (non-hydrogen) atoms. The third-order valence-corrected chi connectivity index (χ3v) is 4.80. The van der Waals surface area contributed by atoms with E-state index in [4.69, 9.17) is 0 Å². The van der Waals surface area contributed by atoms with Crippen LogP contribution in [0.15, 0.2) is 18.3 Å². The van der Waals surface area contributed by atoms with Gasteiger partial charge in [-0.3, -0.25) is 14.7 Å². The zero-order valence-corrected chi connectivity index (χ0v) is 12.7. The van der Waals surface area contributed by atoms with Gasteiger partial charge >= 0.3 is 5.97 Å². The summed E-state index contributed by atoms with van der Waals surface area (Å²) in [7, 11) is 0. The first kappa shape index (κ1) is 15.9. The van der Waals surface area contributed by atoms with Gasteiger partial charge in [0.1, 0.15) is 5.82 Å². The van der Waals surface area contributed by atoms with Gasteiger partial charge in [-0.05, 0) is 50.9 Å². The third-order valence-electron chi connectivity index (χ3n) is 4.80. The Morgan fingerprint density at radius 2 is 2.10 bits per heavy atom. The van der Waals surface area contributed by atoms with Crippen LogP contribution in [0, 0.1) is 11.2 Å². The molecule has 1 fully saturated rings. The number of rotatable bonds is 5. The van der Waals surface area contributed by atoms with Gasteiger partial charge in [0, 0.05) is 0 Å². The average molecular weight is 294 g/mol. The summed E-state index contributed by atoms with van der Waals surface area (Å²) < 4.78 is 13.0. The molecule has 1 N–H and O–H groups in total. The number of piperidine rings is 1. The van der Waals surface area contributed by atoms with Gasteiger partial charge in [-0.25, -0.2) is 4.39 Å². The molecule has 1 aliphatic rings. The summed E-state index contributed by atoms with van der Waals surface area (Å²) >= 11 is 0. The molecule has 0 amide bonds. The van der Waals surface area contributed by atoms with E-state index in [0.717, 1.165) is 25.2 Å².